The normalized spacial score (nSPS) is 12.4. The van der Waals surface area contributed by atoms with Crippen molar-refractivity contribution in [2.45, 2.75) is 0 Å². The van der Waals surface area contributed by atoms with Crippen LogP contribution in [0.5, 0.6) is 0 Å². The van der Waals surface area contributed by atoms with Crippen LogP contribution >= 0.6 is 45.3 Å². The van der Waals surface area contributed by atoms with Gasteiger partial charge in [-0.1, -0.05) is 170 Å². The minimum absolute atomic E-state index is 0.430. The van der Waals surface area contributed by atoms with Gasteiger partial charge in [-0.25, -0.2) is 0 Å². The first kappa shape index (κ1) is 49.0. The molecule has 8 aromatic heterocycles. The molecule has 0 aliphatic heterocycles. The Hall–Kier alpha value is -11.1. The van der Waals surface area contributed by atoms with E-state index < -0.39 is 0 Å². The molecule has 0 radical (unpaired) electrons. The summed E-state index contributed by atoms with van der Waals surface area (Å²) in [5.41, 5.74) is 11.0. The summed E-state index contributed by atoms with van der Waals surface area (Å²) in [6.07, 6.45) is 0. The summed E-state index contributed by atoms with van der Waals surface area (Å²) >= 11 is 7.15. The Bertz CT molecular complexity index is 6130. The Labute approximate surface area is 526 Å². The summed E-state index contributed by atoms with van der Waals surface area (Å²) in [5.74, 6) is 0. The van der Waals surface area contributed by atoms with Gasteiger partial charge < -0.3 is 18.3 Å². The van der Waals surface area contributed by atoms with Crippen molar-refractivity contribution in [1.29, 1.82) is 10.5 Å². The molecule has 0 fully saturated rings. The lowest BCUT2D eigenvalue weighted by atomic mass is 9.98. The van der Waals surface area contributed by atoms with Crippen molar-refractivity contribution in [2.24, 2.45) is 0 Å². The number of hydrogen-bond acceptors (Lipinski definition) is 6. The number of para-hydroxylation sites is 4. The van der Waals surface area contributed by atoms with Gasteiger partial charge in [0, 0.05) is 124 Å². The molecule has 0 amide bonds. The van der Waals surface area contributed by atoms with E-state index in [-0.39, 0.29) is 0 Å². The highest BCUT2D eigenvalue weighted by Gasteiger charge is 2.37. The van der Waals surface area contributed by atoms with Gasteiger partial charge in [-0.3, -0.25) is 0 Å². The molecular formula is C80H40N6S4. The van der Waals surface area contributed by atoms with Crippen molar-refractivity contribution in [3.05, 3.63) is 254 Å². The molecule has 0 atom stereocenters. The highest BCUT2D eigenvalue weighted by molar-refractivity contribution is 7.27. The molecular weight excluding hydrogens is 1170 g/mol. The molecule has 8 heterocycles. The highest BCUT2D eigenvalue weighted by atomic mass is 32.1. The Balaban J connectivity index is 1.12. The Kier molecular flexibility index (Phi) is 9.69. The first-order valence-corrected chi connectivity index (χ1v) is 33.3. The molecule has 21 aromatic rings. The molecule has 0 saturated carbocycles. The fraction of sp³-hybridized carbons (Fsp3) is 0. The molecule has 0 N–H and O–H groups in total. The van der Waals surface area contributed by atoms with Crippen LogP contribution in [0.25, 0.3) is 191 Å². The van der Waals surface area contributed by atoms with Crippen molar-refractivity contribution in [3.8, 4) is 34.9 Å². The van der Waals surface area contributed by atoms with Gasteiger partial charge in [0.15, 0.2) is 0 Å². The van der Waals surface area contributed by atoms with Crippen molar-refractivity contribution < 1.29 is 0 Å². The first-order chi connectivity index (χ1) is 44.6. The summed E-state index contributed by atoms with van der Waals surface area (Å²) in [6.45, 7) is 0. The first-order valence-electron chi connectivity index (χ1n) is 30.0. The number of aromatic nitrogens is 4. The third-order valence-corrected chi connectivity index (χ3v) is 23.8. The van der Waals surface area contributed by atoms with Gasteiger partial charge in [0.25, 0.3) is 0 Å². The quantitative estimate of drug-likeness (QED) is 0.176. The second-order valence-electron chi connectivity index (χ2n) is 23.5. The van der Waals surface area contributed by atoms with Crippen LogP contribution in [-0.4, -0.2) is 18.3 Å². The number of fused-ring (bicyclic) bond motifs is 28. The zero-order valence-electron chi connectivity index (χ0n) is 47.4. The minimum Gasteiger partial charge on any atom is -0.305 e. The van der Waals surface area contributed by atoms with Crippen LogP contribution in [-0.2, 0) is 0 Å². The maximum atomic E-state index is 13.5. The minimum atomic E-state index is 0.430. The fourth-order valence-corrected chi connectivity index (χ4v) is 20.2. The van der Waals surface area contributed by atoms with Crippen molar-refractivity contribution in [3.63, 3.8) is 0 Å². The maximum absolute atomic E-state index is 13.5. The molecule has 0 aliphatic carbocycles. The predicted molar refractivity (Wildman–Crippen MR) is 385 cm³/mol. The molecule has 90 heavy (non-hydrogen) atoms. The predicted octanol–water partition coefficient (Wildman–Crippen LogP) is 23.3. The van der Waals surface area contributed by atoms with Crippen molar-refractivity contribution >= 4 is 213 Å². The summed E-state index contributed by atoms with van der Waals surface area (Å²) in [5, 5.41) is 44.5. The van der Waals surface area contributed by atoms with Crippen LogP contribution in [0.2, 0.25) is 0 Å². The molecule has 0 spiro atoms. The summed E-state index contributed by atoms with van der Waals surface area (Å²) in [6, 6.07) is 94.2. The van der Waals surface area contributed by atoms with Crippen LogP contribution < -0.4 is 0 Å². The van der Waals surface area contributed by atoms with Gasteiger partial charge in [0.1, 0.15) is 23.3 Å². The summed E-state index contributed by atoms with van der Waals surface area (Å²) < 4.78 is 18.9. The van der Waals surface area contributed by atoms with E-state index in [0.29, 0.717) is 33.9 Å². The lowest BCUT2D eigenvalue weighted by molar-refractivity contribution is 1.03. The smallest absolute Gasteiger partial charge is 0.104 e. The second-order valence-corrected chi connectivity index (χ2v) is 27.8. The number of rotatable bonds is 4. The molecule has 6 nitrogen and oxygen atoms in total. The lowest BCUT2D eigenvalue weighted by Crippen LogP contribution is -2.17. The molecule has 10 heteroatoms. The van der Waals surface area contributed by atoms with E-state index >= 15 is 0 Å². The van der Waals surface area contributed by atoms with Gasteiger partial charge in [0.2, 0.25) is 0 Å². The molecule has 13 aromatic carbocycles. The van der Waals surface area contributed by atoms with E-state index in [1.54, 1.807) is 45.3 Å². The number of thiophene rings is 4. The average Bonchev–Trinajstić information content (AvgIpc) is 1.42. The van der Waals surface area contributed by atoms with Crippen LogP contribution in [0.4, 0.5) is 0 Å². The summed E-state index contributed by atoms with van der Waals surface area (Å²) in [7, 11) is 0. The Morgan fingerprint density at radius 2 is 0.422 bits per heavy atom. The van der Waals surface area contributed by atoms with Gasteiger partial charge in [-0.2, -0.15) is 10.5 Å². The largest absolute Gasteiger partial charge is 0.305 e. The fourth-order valence-electron chi connectivity index (χ4n) is 15.8. The monoisotopic (exact) mass is 1210 g/mol. The van der Waals surface area contributed by atoms with Gasteiger partial charge in [-0.05, 0) is 72.8 Å². The topological polar surface area (TPSA) is 67.3 Å². The van der Waals surface area contributed by atoms with Crippen LogP contribution in [0.3, 0.4) is 0 Å². The number of benzene rings is 13. The maximum Gasteiger partial charge on any atom is 0.104 e. The Morgan fingerprint density at radius 3 is 0.656 bits per heavy atom. The molecule has 21 rings (SSSR count). The molecule has 0 bridgehead atoms. The molecule has 0 saturated heterocycles. The number of nitriles is 2. The van der Waals surface area contributed by atoms with Crippen LogP contribution in [0.15, 0.2) is 243 Å². The molecule has 0 unspecified atom stereocenters. The summed E-state index contributed by atoms with van der Waals surface area (Å²) in [4.78, 5) is 0. The van der Waals surface area contributed by atoms with E-state index in [0.717, 1.165) is 149 Å². The number of nitrogens with zero attached hydrogens (tertiary/aromatic N) is 6. The van der Waals surface area contributed by atoms with Crippen LogP contribution in [0, 0.1) is 22.7 Å². The van der Waals surface area contributed by atoms with Gasteiger partial charge in [-0.15, -0.1) is 45.3 Å². The van der Waals surface area contributed by atoms with Crippen molar-refractivity contribution in [2.75, 3.05) is 0 Å². The third kappa shape index (κ3) is 6.13. The van der Waals surface area contributed by atoms with Crippen molar-refractivity contribution in [1.82, 2.24) is 18.3 Å². The van der Waals surface area contributed by atoms with Gasteiger partial charge in [0.05, 0.1) is 66.9 Å². The van der Waals surface area contributed by atoms with E-state index in [9.17, 15) is 10.5 Å². The Morgan fingerprint density at radius 1 is 0.211 bits per heavy atom. The van der Waals surface area contributed by atoms with E-state index in [2.05, 4.69) is 273 Å². The van der Waals surface area contributed by atoms with E-state index in [4.69, 9.17) is 0 Å². The second kappa shape index (κ2) is 17.8. The SMILES string of the molecule is N#Cc1c(-n2c3ccccc3c3ccc4sc5ccccc5c4c32)c(-n2c3ccccc3c3ccc4sc5ccccc5c4c32)c(C#N)c(-n2c3ccccc3c3ccc4sc5ccccc5c4c32)c1-n1c2ccccc2c2ccc3sc4ccccc4c3c21. The zero-order chi connectivity index (χ0) is 58.8. The zero-order valence-corrected chi connectivity index (χ0v) is 50.7. The lowest BCUT2D eigenvalue weighted by Gasteiger charge is -2.27. The third-order valence-electron chi connectivity index (χ3n) is 19.2. The molecule has 414 valence electrons. The van der Waals surface area contributed by atoms with E-state index in [1.807, 2.05) is 0 Å². The number of hydrogen-bond donors (Lipinski definition) is 0. The van der Waals surface area contributed by atoms with Gasteiger partial charge >= 0.3 is 0 Å². The van der Waals surface area contributed by atoms with E-state index in [1.165, 1.54) is 18.8 Å². The average molecular weight is 1210 g/mol. The van der Waals surface area contributed by atoms with Crippen LogP contribution in [0.1, 0.15) is 11.1 Å². The molecule has 0 aliphatic rings. The highest BCUT2D eigenvalue weighted by Crippen LogP contribution is 2.54. The standard InChI is InChI=1S/C80H40N6S4/c81-41-55-77(83-57-25-9-1-17-43(57)47-33-37-65-69(73(47)83)51-21-5-13-29-61(51)87-65)78(84-58-26-10-2-18-44(58)48-34-38-66-70(74(48)84)52-22-6-14-30-62(52)88-66)56(42-82)80(86-60-28-12-4-20-46(60)50-36-40-68-72(76(50)86)54-24-8-16-32-64(54)90-68)79(55)85-59-27-11-3-19-45(59)49-35-39-67-71(75(49)85)53-23-7-15-31-63(53)89-67/h1-40H.